The maximum Gasteiger partial charge on any atom is 2.00 e. The number of rotatable bonds is 43. The van der Waals surface area contributed by atoms with Crippen LogP contribution < -0.4 is 10.2 Å². The molecule has 0 saturated carbocycles. The molecule has 0 N–H and O–H groups in total. The molecule has 4 nitrogen and oxygen atoms in total. The predicted molar refractivity (Wildman–Crippen MR) is 243 cm³/mol. The first kappa shape index (κ1) is 61.4. The van der Waals surface area contributed by atoms with Gasteiger partial charge in [0.1, 0.15) is 0 Å². The van der Waals surface area contributed by atoms with Gasteiger partial charge in [-0.2, -0.15) is 0 Å². The summed E-state index contributed by atoms with van der Waals surface area (Å²) in [7, 11) is 0. The van der Waals surface area contributed by atoms with Gasteiger partial charge >= 0.3 is 23.9 Å². The summed E-state index contributed by atoms with van der Waals surface area (Å²) in [4.78, 5) is 20.5. The zero-order valence-corrected chi connectivity index (χ0v) is 40.8. The molecule has 0 heterocycles. The number of unbranched alkanes of at least 4 members (excludes halogenated alkanes) is 39. The summed E-state index contributed by atoms with van der Waals surface area (Å²) in [6.07, 6.45) is 56.5. The van der Waals surface area contributed by atoms with E-state index in [0.29, 0.717) is 0 Å². The first-order valence-corrected chi connectivity index (χ1v) is 24.6. The van der Waals surface area contributed by atoms with Crippen molar-refractivity contribution in [3.63, 3.8) is 0 Å². The molecule has 0 aliphatic carbocycles. The van der Waals surface area contributed by atoms with E-state index in [0.717, 1.165) is 32.1 Å². The van der Waals surface area contributed by atoms with Crippen LogP contribution in [0.3, 0.4) is 0 Å². The van der Waals surface area contributed by atoms with Gasteiger partial charge in [0.15, 0.2) is 0 Å². The van der Waals surface area contributed by atoms with Crippen molar-refractivity contribution in [1.82, 2.24) is 0 Å². The van der Waals surface area contributed by atoms with Crippen LogP contribution in [0.25, 0.3) is 0 Å². The summed E-state index contributed by atoms with van der Waals surface area (Å²) in [5.41, 5.74) is 0. The molecule has 0 bridgehead atoms. The van der Waals surface area contributed by atoms with Crippen LogP contribution in [0.2, 0.25) is 0 Å². The Morgan fingerprint density at radius 2 is 0.455 bits per heavy atom. The Bertz CT molecular complexity index is 621. The number of hydrogen-bond donors (Lipinski definition) is 0. The number of hydrogen-bond acceptors (Lipinski definition) is 4. The fourth-order valence-corrected chi connectivity index (χ4v) is 7.12. The van der Waals surface area contributed by atoms with Crippen LogP contribution in [0.1, 0.15) is 305 Å². The van der Waals surface area contributed by atoms with Crippen molar-refractivity contribution in [2.75, 3.05) is 0 Å². The minimum atomic E-state index is -0.901. The van der Waals surface area contributed by atoms with Crippen molar-refractivity contribution >= 4 is 35.8 Å². The van der Waals surface area contributed by atoms with Crippen LogP contribution in [0.5, 0.6) is 0 Å². The van der Waals surface area contributed by atoms with Crippen LogP contribution >= 0.6 is 0 Å². The van der Waals surface area contributed by atoms with Crippen LogP contribution in [0, 0.1) is 6.92 Å². The molecule has 55 heavy (non-hydrogen) atoms. The third-order valence-electron chi connectivity index (χ3n) is 10.8. The average Bonchev–Trinajstić information content (AvgIpc) is 3.16. The molecule has 0 unspecified atom stereocenters. The second kappa shape index (κ2) is 60.4. The second-order valence-corrected chi connectivity index (χ2v) is 16.5. The summed E-state index contributed by atoms with van der Waals surface area (Å²) in [6, 6.07) is 0. The molecule has 0 saturated heterocycles. The topological polar surface area (TPSA) is 80.3 Å². The first-order valence-electron chi connectivity index (χ1n) is 24.6. The molecule has 0 fully saturated rings. The number of carbonyl (C=O) groups excluding carboxylic acids is 2. The molecule has 0 aliphatic rings. The predicted octanol–water partition coefficient (Wildman–Crippen LogP) is 15.4. The normalized spacial score (nSPS) is 10.6. The molecule has 0 aromatic rings. The van der Waals surface area contributed by atoms with Crippen molar-refractivity contribution in [3.05, 3.63) is 6.92 Å². The van der Waals surface area contributed by atoms with Gasteiger partial charge in [0.2, 0.25) is 0 Å². The quantitative estimate of drug-likeness (QED) is 0.0451. The van der Waals surface area contributed by atoms with E-state index in [1.54, 1.807) is 0 Å². The number of carboxylic acids is 2. The van der Waals surface area contributed by atoms with Gasteiger partial charge in [0.05, 0.1) is 0 Å². The van der Waals surface area contributed by atoms with Crippen molar-refractivity contribution in [3.8, 4) is 0 Å². The largest absolute Gasteiger partial charge is 2.00 e. The summed E-state index contributed by atoms with van der Waals surface area (Å²) in [5, 5.41) is 20.5. The average molecular weight is 885 g/mol. The van der Waals surface area contributed by atoms with Crippen molar-refractivity contribution in [2.24, 2.45) is 0 Å². The molecule has 0 rings (SSSR count). The number of carbonyl (C=O) groups is 2. The van der Waals surface area contributed by atoms with E-state index in [1.807, 2.05) is 0 Å². The minimum absolute atomic E-state index is 0. The fourth-order valence-electron chi connectivity index (χ4n) is 7.12. The Morgan fingerprint density at radius 1 is 0.309 bits per heavy atom. The molecule has 0 spiro atoms. The van der Waals surface area contributed by atoms with E-state index < -0.39 is 11.9 Å². The Morgan fingerprint density at radius 3 is 0.600 bits per heavy atom. The van der Waals surface area contributed by atoms with Gasteiger partial charge in [-0.25, -0.2) is 0 Å². The molecular weight excluding hydrogens is 783 g/mol. The van der Waals surface area contributed by atoms with Crippen LogP contribution in [0.4, 0.5) is 0 Å². The van der Waals surface area contributed by atoms with Crippen LogP contribution in [-0.2, 0) is 9.59 Å². The van der Waals surface area contributed by atoms with Gasteiger partial charge in [-0.05, 0) is 25.7 Å². The fraction of sp³-hybridized carbons (Fsp3) is 0.940. The molecule has 0 aromatic carbocycles. The van der Waals surface area contributed by atoms with E-state index in [9.17, 15) is 19.8 Å². The summed E-state index contributed by atoms with van der Waals surface area (Å²) in [5.74, 6) is -1.80. The third-order valence-corrected chi connectivity index (χ3v) is 10.8. The Hall–Kier alpha value is -0.261. The minimum Gasteiger partial charge on any atom is -0.550 e. The van der Waals surface area contributed by atoms with Crippen molar-refractivity contribution in [2.45, 2.75) is 303 Å². The molecular formula is C50H101O4Sn. The van der Waals surface area contributed by atoms with E-state index in [1.165, 1.54) is 238 Å². The molecule has 0 atom stereocenters. The van der Waals surface area contributed by atoms with Crippen molar-refractivity contribution < 1.29 is 21.2 Å². The molecule has 3 radical (unpaired) electrons. The smallest absolute Gasteiger partial charge is 0.550 e. The molecule has 5 heteroatoms. The van der Waals surface area contributed by atoms with E-state index in [-0.39, 0.29) is 38.2 Å². The maximum absolute atomic E-state index is 10.3. The molecule has 0 amide bonds. The maximum atomic E-state index is 10.3. The Balaban J connectivity index is -0.000000251. The first-order chi connectivity index (χ1) is 26.5. The standard InChI is InChI=1S/2C21H42O2.C8H17.Sn.H2/c2*1-2-3-4-5-6-7-8-9-10-11-12-13-14-15-16-17-18-19-20-21(22)23;1-3-5-7-8-6-4-2;;/h2*2-20H2,1H3,(H,22,23);1,3-8H2,2H3;;1H/q;;;+2;/p-2. The molecule has 0 aromatic heterocycles. The number of aliphatic carboxylic acids is 2. The Labute approximate surface area is 365 Å². The molecule has 329 valence electrons. The summed E-state index contributed by atoms with van der Waals surface area (Å²) >= 11 is 0. The summed E-state index contributed by atoms with van der Waals surface area (Å²) in [6.45, 7) is 10.6. The third kappa shape index (κ3) is 71.9. The number of carboxylic acid groups (broad SMARTS) is 2. The van der Waals surface area contributed by atoms with Gasteiger partial charge in [-0.15, -0.1) is 0 Å². The van der Waals surface area contributed by atoms with E-state index >= 15 is 0 Å². The van der Waals surface area contributed by atoms with Crippen LogP contribution in [0.15, 0.2) is 0 Å². The van der Waals surface area contributed by atoms with Gasteiger partial charge in [-0.1, -0.05) is 285 Å². The van der Waals surface area contributed by atoms with Gasteiger partial charge in [0, 0.05) is 13.4 Å². The van der Waals surface area contributed by atoms with E-state index in [4.69, 9.17) is 0 Å². The van der Waals surface area contributed by atoms with E-state index in [2.05, 4.69) is 27.7 Å². The summed E-state index contributed by atoms with van der Waals surface area (Å²) < 4.78 is 0. The monoisotopic (exact) mass is 886 g/mol. The SMILES string of the molecule is CCCCCCCCCCCCCCCCCCCCC(=O)[O-].CCCCCCCCCCCCCCCCCCCCC(=O)[O-].[CH2]CCCCCCC.[HH].[Sn+2]. The molecule has 0 aliphatic heterocycles. The van der Waals surface area contributed by atoms with Gasteiger partial charge in [0.25, 0.3) is 0 Å². The zero-order chi connectivity index (χ0) is 40.3. The van der Waals surface area contributed by atoms with Crippen LogP contribution in [-0.4, -0.2) is 35.8 Å². The van der Waals surface area contributed by atoms with Gasteiger partial charge < -0.3 is 19.8 Å². The second-order valence-electron chi connectivity index (χ2n) is 16.5. The van der Waals surface area contributed by atoms with Crippen molar-refractivity contribution in [1.29, 1.82) is 0 Å². The zero-order valence-electron chi connectivity index (χ0n) is 38.0. The Kier molecular flexibility index (Phi) is 67.5. The van der Waals surface area contributed by atoms with Gasteiger partial charge in [-0.3, -0.25) is 0 Å².